The second-order valence-electron chi connectivity index (χ2n) is 6.11. The third-order valence-corrected chi connectivity index (χ3v) is 3.97. The monoisotopic (exact) mass is 291 g/mol. The molecular weight excluding hydrogens is 270 g/mol. The first kappa shape index (κ1) is 14.1. The fourth-order valence-electron chi connectivity index (χ4n) is 3.01. The SMILES string of the molecule is CC(C)Cn1c(=O)[nH]c(=O)c2c1nc(C1CCCN1)n2C. The number of aromatic amines is 1. The number of aryl methyl sites for hydroxylation is 1. The molecular formula is C14H21N5O2. The molecule has 2 aromatic heterocycles. The lowest BCUT2D eigenvalue weighted by molar-refractivity contribution is 0.512. The van der Waals surface area contributed by atoms with E-state index in [0.717, 1.165) is 25.2 Å². The topological polar surface area (TPSA) is 84.7 Å². The van der Waals surface area contributed by atoms with Crippen molar-refractivity contribution in [2.75, 3.05) is 6.54 Å². The van der Waals surface area contributed by atoms with Crippen LogP contribution in [0.4, 0.5) is 0 Å². The van der Waals surface area contributed by atoms with E-state index in [-0.39, 0.29) is 17.3 Å². The first-order valence-electron chi connectivity index (χ1n) is 7.42. The fourth-order valence-corrected chi connectivity index (χ4v) is 3.01. The average molecular weight is 291 g/mol. The van der Waals surface area contributed by atoms with Crippen molar-refractivity contribution in [1.29, 1.82) is 0 Å². The maximum atomic E-state index is 12.1. The summed E-state index contributed by atoms with van der Waals surface area (Å²) in [6.07, 6.45) is 2.10. The van der Waals surface area contributed by atoms with Crippen molar-refractivity contribution in [3.8, 4) is 0 Å². The van der Waals surface area contributed by atoms with E-state index in [1.165, 1.54) is 0 Å². The third kappa shape index (κ3) is 2.31. The number of H-pyrrole nitrogens is 1. The Morgan fingerprint density at radius 1 is 1.38 bits per heavy atom. The van der Waals surface area contributed by atoms with Gasteiger partial charge in [-0.2, -0.15) is 0 Å². The van der Waals surface area contributed by atoms with Crippen molar-refractivity contribution >= 4 is 11.2 Å². The molecule has 7 heteroatoms. The van der Waals surface area contributed by atoms with Gasteiger partial charge in [0.05, 0.1) is 6.04 Å². The van der Waals surface area contributed by atoms with Gasteiger partial charge < -0.3 is 9.88 Å². The van der Waals surface area contributed by atoms with Gasteiger partial charge in [-0.1, -0.05) is 13.8 Å². The first-order valence-corrected chi connectivity index (χ1v) is 7.42. The van der Waals surface area contributed by atoms with E-state index in [1.54, 1.807) is 4.57 Å². The summed E-state index contributed by atoms with van der Waals surface area (Å²) < 4.78 is 3.38. The van der Waals surface area contributed by atoms with Crippen LogP contribution in [0.5, 0.6) is 0 Å². The molecule has 3 rings (SSSR count). The molecule has 1 saturated heterocycles. The Hall–Kier alpha value is -1.89. The molecule has 7 nitrogen and oxygen atoms in total. The second kappa shape index (κ2) is 5.14. The van der Waals surface area contributed by atoms with E-state index in [9.17, 15) is 9.59 Å². The van der Waals surface area contributed by atoms with Gasteiger partial charge in [-0.25, -0.2) is 9.78 Å². The van der Waals surface area contributed by atoms with Crippen molar-refractivity contribution in [2.24, 2.45) is 13.0 Å². The lowest BCUT2D eigenvalue weighted by Crippen LogP contribution is -2.32. The Morgan fingerprint density at radius 2 is 2.14 bits per heavy atom. The molecule has 21 heavy (non-hydrogen) atoms. The molecule has 0 spiro atoms. The molecule has 1 aliphatic heterocycles. The molecule has 0 radical (unpaired) electrons. The van der Waals surface area contributed by atoms with Crippen LogP contribution < -0.4 is 16.6 Å². The lowest BCUT2D eigenvalue weighted by Gasteiger charge is -2.09. The summed E-state index contributed by atoms with van der Waals surface area (Å²) in [4.78, 5) is 31.2. The maximum absolute atomic E-state index is 12.1. The standard InChI is InChI=1S/C14H21N5O2/c1-8(2)7-19-12-10(13(20)17-14(19)21)18(3)11(16-12)9-5-4-6-15-9/h8-9,15H,4-7H2,1-3H3,(H,17,20,21). The van der Waals surface area contributed by atoms with Crippen molar-refractivity contribution in [2.45, 2.75) is 39.3 Å². The summed E-state index contributed by atoms with van der Waals surface area (Å²) >= 11 is 0. The molecule has 0 saturated carbocycles. The smallest absolute Gasteiger partial charge is 0.324 e. The van der Waals surface area contributed by atoms with Crippen LogP contribution in [0, 0.1) is 5.92 Å². The highest BCUT2D eigenvalue weighted by molar-refractivity contribution is 5.71. The molecule has 2 aromatic rings. The third-order valence-electron chi connectivity index (χ3n) is 3.97. The van der Waals surface area contributed by atoms with Gasteiger partial charge in [0.2, 0.25) is 0 Å². The lowest BCUT2D eigenvalue weighted by atomic mass is 10.2. The highest BCUT2D eigenvalue weighted by Gasteiger charge is 2.24. The highest BCUT2D eigenvalue weighted by Crippen LogP contribution is 2.24. The van der Waals surface area contributed by atoms with Crippen LogP contribution in [-0.4, -0.2) is 25.6 Å². The summed E-state index contributed by atoms with van der Waals surface area (Å²) in [7, 11) is 1.84. The molecule has 1 unspecified atom stereocenters. The summed E-state index contributed by atoms with van der Waals surface area (Å²) in [5, 5.41) is 3.39. The Morgan fingerprint density at radius 3 is 2.76 bits per heavy atom. The first-order chi connectivity index (χ1) is 9.99. The molecule has 0 aliphatic carbocycles. The number of hydrogen-bond acceptors (Lipinski definition) is 4. The van der Waals surface area contributed by atoms with Gasteiger partial charge in [-0.3, -0.25) is 14.3 Å². The zero-order valence-electron chi connectivity index (χ0n) is 12.6. The van der Waals surface area contributed by atoms with E-state index in [4.69, 9.17) is 0 Å². The number of aromatic nitrogens is 4. The van der Waals surface area contributed by atoms with E-state index in [0.29, 0.717) is 23.6 Å². The van der Waals surface area contributed by atoms with Crippen LogP contribution >= 0.6 is 0 Å². The number of fused-ring (bicyclic) bond motifs is 1. The minimum atomic E-state index is -0.384. The minimum Gasteiger partial charge on any atom is -0.324 e. The Balaban J connectivity index is 2.26. The van der Waals surface area contributed by atoms with Gasteiger partial charge in [0, 0.05) is 13.6 Å². The van der Waals surface area contributed by atoms with Gasteiger partial charge in [0.1, 0.15) is 5.82 Å². The Labute approximate surface area is 122 Å². The maximum Gasteiger partial charge on any atom is 0.330 e. The van der Waals surface area contributed by atoms with Crippen molar-refractivity contribution in [3.05, 3.63) is 26.7 Å². The van der Waals surface area contributed by atoms with Crippen molar-refractivity contribution in [1.82, 2.24) is 24.4 Å². The van der Waals surface area contributed by atoms with E-state index in [2.05, 4.69) is 15.3 Å². The number of imidazole rings is 1. The van der Waals surface area contributed by atoms with Crippen molar-refractivity contribution < 1.29 is 0 Å². The molecule has 0 amide bonds. The van der Waals surface area contributed by atoms with Gasteiger partial charge in [-0.15, -0.1) is 0 Å². The predicted molar refractivity (Wildman–Crippen MR) is 80.4 cm³/mol. The van der Waals surface area contributed by atoms with Crippen LogP contribution in [0.3, 0.4) is 0 Å². The highest BCUT2D eigenvalue weighted by atomic mass is 16.2. The van der Waals surface area contributed by atoms with Gasteiger partial charge in [0.25, 0.3) is 5.56 Å². The Kier molecular flexibility index (Phi) is 3.44. The molecule has 2 N–H and O–H groups in total. The molecule has 0 aromatic carbocycles. The number of hydrogen-bond donors (Lipinski definition) is 2. The number of nitrogens with one attached hydrogen (secondary N) is 2. The van der Waals surface area contributed by atoms with Gasteiger partial charge in [-0.05, 0) is 25.3 Å². The quantitative estimate of drug-likeness (QED) is 0.862. The van der Waals surface area contributed by atoms with Gasteiger partial charge >= 0.3 is 5.69 Å². The molecule has 1 atom stereocenters. The summed E-state index contributed by atoms with van der Waals surface area (Å²) in [6, 6.07) is 0.157. The number of rotatable bonds is 3. The van der Waals surface area contributed by atoms with Crippen LogP contribution in [0.25, 0.3) is 11.2 Å². The van der Waals surface area contributed by atoms with Crippen molar-refractivity contribution in [3.63, 3.8) is 0 Å². The van der Waals surface area contributed by atoms with Crippen LogP contribution in [-0.2, 0) is 13.6 Å². The van der Waals surface area contributed by atoms with E-state index < -0.39 is 0 Å². The summed E-state index contributed by atoms with van der Waals surface area (Å²) in [6.45, 7) is 5.57. The van der Waals surface area contributed by atoms with Crippen LogP contribution in [0.15, 0.2) is 9.59 Å². The zero-order valence-corrected chi connectivity index (χ0v) is 12.6. The fraction of sp³-hybridized carbons (Fsp3) is 0.643. The number of nitrogens with zero attached hydrogens (tertiary/aromatic N) is 3. The zero-order chi connectivity index (χ0) is 15.1. The van der Waals surface area contributed by atoms with Crippen LogP contribution in [0.2, 0.25) is 0 Å². The minimum absolute atomic E-state index is 0.157. The predicted octanol–water partition coefficient (Wildman–Crippen LogP) is 0.504. The largest absolute Gasteiger partial charge is 0.330 e. The van der Waals surface area contributed by atoms with Gasteiger partial charge in [0.15, 0.2) is 11.2 Å². The second-order valence-corrected chi connectivity index (χ2v) is 6.11. The summed E-state index contributed by atoms with van der Waals surface area (Å²) in [5.74, 6) is 1.13. The van der Waals surface area contributed by atoms with E-state index in [1.807, 2.05) is 25.5 Å². The van der Waals surface area contributed by atoms with E-state index >= 15 is 0 Å². The Bertz CT molecular complexity index is 777. The average Bonchev–Trinajstić information content (AvgIpc) is 3.01. The molecule has 1 fully saturated rings. The molecule has 114 valence electrons. The van der Waals surface area contributed by atoms with Crippen LogP contribution in [0.1, 0.15) is 38.6 Å². The molecule has 0 bridgehead atoms. The normalized spacial score (nSPS) is 19.0. The molecule has 3 heterocycles. The molecule has 1 aliphatic rings. The summed E-state index contributed by atoms with van der Waals surface area (Å²) in [5.41, 5.74) is 0.210.